The summed E-state index contributed by atoms with van der Waals surface area (Å²) in [7, 11) is 4.64. The van der Waals surface area contributed by atoms with Crippen LogP contribution in [0.1, 0.15) is 27.9 Å². The molecule has 188 valence electrons. The van der Waals surface area contributed by atoms with Gasteiger partial charge in [0.05, 0.1) is 44.8 Å². The van der Waals surface area contributed by atoms with E-state index < -0.39 is 0 Å². The maximum atomic E-state index is 13.9. The normalized spacial score (nSPS) is 14.2. The highest BCUT2D eigenvalue weighted by Gasteiger charge is 2.25. The van der Waals surface area contributed by atoms with Crippen LogP contribution < -0.4 is 19.1 Å². The van der Waals surface area contributed by atoms with E-state index >= 15 is 0 Å². The van der Waals surface area contributed by atoms with Crippen molar-refractivity contribution >= 4 is 32.6 Å². The number of carbonyl (C=O) groups is 1. The third-order valence-electron chi connectivity index (χ3n) is 6.16. The van der Waals surface area contributed by atoms with Gasteiger partial charge in [0.1, 0.15) is 0 Å². The van der Waals surface area contributed by atoms with Crippen molar-refractivity contribution in [1.82, 2.24) is 9.88 Å². The van der Waals surface area contributed by atoms with E-state index in [0.29, 0.717) is 34.5 Å². The molecule has 1 aliphatic heterocycles. The van der Waals surface area contributed by atoms with E-state index in [4.69, 9.17) is 23.9 Å². The van der Waals surface area contributed by atoms with Crippen molar-refractivity contribution in [3.05, 3.63) is 41.0 Å². The zero-order chi connectivity index (χ0) is 24.9. The van der Waals surface area contributed by atoms with Gasteiger partial charge >= 0.3 is 0 Å². The molecular weight excluding hydrogens is 466 g/mol. The third kappa shape index (κ3) is 5.52. The number of aromatic nitrogens is 1. The zero-order valence-electron chi connectivity index (χ0n) is 21.1. The van der Waals surface area contributed by atoms with Crippen LogP contribution in [0.3, 0.4) is 0 Å². The molecule has 35 heavy (non-hydrogen) atoms. The predicted octanol–water partition coefficient (Wildman–Crippen LogP) is 4.31. The van der Waals surface area contributed by atoms with Gasteiger partial charge in [0, 0.05) is 31.7 Å². The van der Waals surface area contributed by atoms with Crippen LogP contribution in [0.15, 0.2) is 24.3 Å². The number of carbonyl (C=O) groups excluding carboxylic acids is 1. The molecule has 9 heteroatoms. The minimum atomic E-state index is -0.153. The van der Waals surface area contributed by atoms with Crippen molar-refractivity contribution in [2.75, 3.05) is 65.6 Å². The number of nitrogens with zero attached hydrogens (tertiary/aromatic N) is 3. The number of thiazole rings is 1. The Morgan fingerprint density at radius 1 is 1.06 bits per heavy atom. The van der Waals surface area contributed by atoms with Gasteiger partial charge in [-0.15, -0.1) is 0 Å². The third-order valence-corrected chi connectivity index (χ3v) is 7.39. The van der Waals surface area contributed by atoms with Gasteiger partial charge in [-0.2, -0.15) is 0 Å². The molecule has 0 spiro atoms. The summed E-state index contributed by atoms with van der Waals surface area (Å²) in [5.41, 5.74) is 3.69. The summed E-state index contributed by atoms with van der Waals surface area (Å²) in [4.78, 5) is 22.9. The first-order valence-corrected chi connectivity index (χ1v) is 12.6. The number of fused-ring (bicyclic) bond motifs is 1. The molecule has 0 atom stereocenters. The Hall–Kier alpha value is -2.88. The van der Waals surface area contributed by atoms with Gasteiger partial charge in [-0.05, 0) is 49.6 Å². The molecule has 0 bridgehead atoms. The molecule has 1 saturated heterocycles. The number of aryl methyl sites for hydroxylation is 2. The average Bonchev–Trinajstić information content (AvgIpc) is 3.30. The quantitative estimate of drug-likeness (QED) is 0.434. The number of ether oxygens (including phenoxy) is 4. The number of hydrogen-bond donors (Lipinski definition) is 0. The van der Waals surface area contributed by atoms with E-state index in [1.54, 1.807) is 49.7 Å². The number of morpholine rings is 1. The molecule has 0 radical (unpaired) electrons. The van der Waals surface area contributed by atoms with E-state index in [-0.39, 0.29) is 5.91 Å². The molecule has 0 saturated carbocycles. The van der Waals surface area contributed by atoms with Gasteiger partial charge in [0.15, 0.2) is 16.6 Å². The largest absolute Gasteiger partial charge is 0.493 e. The Bertz CT molecular complexity index is 1160. The summed E-state index contributed by atoms with van der Waals surface area (Å²) in [5, 5.41) is 0.689. The number of amides is 1. The Morgan fingerprint density at radius 3 is 2.37 bits per heavy atom. The molecule has 0 N–H and O–H groups in total. The Morgan fingerprint density at radius 2 is 1.74 bits per heavy atom. The monoisotopic (exact) mass is 499 g/mol. The second kappa shape index (κ2) is 11.2. The van der Waals surface area contributed by atoms with Gasteiger partial charge in [-0.3, -0.25) is 14.6 Å². The molecule has 3 aromatic rings. The molecule has 0 unspecified atom stereocenters. The molecular formula is C26H33N3O5S. The van der Waals surface area contributed by atoms with E-state index in [2.05, 4.69) is 30.9 Å². The van der Waals surface area contributed by atoms with Crippen LogP contribution in [0.2, 0.25) is 0 Å². The number of benzene rings is 2. The maximum Gasteiger partial charge on any atom is 0.260 e. The lowest BCUT2D eigenvalue weighted by molar-refractivity contribution is 0.0376. The molecule has 0 aliphatic carbocycles. The number of anilines is 1. The van der Waals surface area contributed by atoms with Crippen LogP contribution in [-0.2, 0) is 4.74 Å². The first-order chi connectivity index (χ1) is 16.9. The van der Waals surface area contributed by atoms with Crippen LogP contribution in [0.4, 0.5) is 5.13 Å². The topological polar surface area (TPSA) is 73.4 Å². The van der Waals surface area contributed by atoms with E-state index in [1.165, 1.54) is 0 Å². The van der Waals surface area contributed by atoms with Crippen LogP contribution >= 0.6 is 11.3 Å². The van der Waals surface area contributed by atoms with Gasteiger partial charge in [0.25, 0.3) is 5.91 Å². The van der Waals surface area contributed by atoms with Crippen molar-refractivity contribution < 1.29 is 23.7 Å². The highest BCUT2D eigenvalue weighted by molar-refractivity contribution is 7.22. The number of rotatable bonds is 9. The van der Waals surface area contributed by atoms with E-state index in [1.807, 2.05) is 0 Å². The molecule has 2 aromatic carbocycles. The standard InChI is InChI=1S/C26H33N3O5S/c1-17-13-18(2)24-20(14-17)27-26(35-24)29(8-6-7-28-9-11-34-12-10-28)25(30)19-15-21(31-3)23(33-5)22(16-19)32-4/h13-16H,6-12H2,1-5H3. The summed E-state index contributed by atoms with van der Waals surface area (Å²) >= 11 is 1.55. The lowest BCUT2D eigenvalue weighted by Crippen LogP contribution is -2.39. The second-order valence-corrected chi connectivity index (χ2v) is 9.58. The van der Waals surface area contributed by atoms with Crippen molar-refractivity contribution in [2.45, 2.75) is 20.3 Å². The molecule has 4 rings (SSSR count). The van der Waals surface area contributed by atoms with Crippen molar-refractivity contribution in [3.8, 4) is 17.2 Å². The van der Waals surface area contributed by atoms with Gasteiger partial charge in [0.2, 0.25) is 5.75 Å². The Kier molecular flexibility index (Phi) is 8.10. The van der Waals surface area contributed by atoms with Crippen molar-refractivity contribution in [1.29, 1.82) is 0 Å². The summed E-state index contributed by atoms with van der Waals surface area (Å²) < 4.78 is 23.0. The summed E-state index contributed by atoms with van der Waals surface area (Å²) in [6, 6.07) is 7.61. The summed E-state index contributed by atoms with van der Waals surface area (Å²) in [6.07, 6.45) is 0.824. The van der Waals surface area contributed by atoms with Crippen molar-refractivity contribution in [2.24, 2.45) is 0 Å². The fourth-order valence-corrected chi connectivity index (χ4v) is 5.44. The van der Waals surface area contributed by atoms with Crippen LogP contribution in [-0.4, -0.2) is 76.5 Å². The Balaban J connectivity index is 1.68. The van der Waals surface area contributed by atoms with Gasteiger partial charge < -0.3 is 18.9 Å². The zero-order valence-corrected chi connectivity index (χ0v) is 21.9. The number of methoxy groups -OCH3 is 3. The summed E-state index contributed by atoms with van der Waals surface area (Å²) in [5.74, 6) is 1.19. The highest BCUT2D eigenvalue weighted by Crippen LogP contribution is 2.39. The maximum absolute atomic E-state index is 13.9. The number of hydrogen-bond acceptors (Lipinski definition) is 8. The predicted molar refractivity (Wildman–Crippen MR) is 139 cm³/mol. The van der Waals surface area contributed by atoms with Crippen LogP contribution in [0, 0.1) is 13.8 Å². The molecule has 1 amide bonds. The molecule has 8 nitrogen and oxygen atoms in total. The fourth-order valence-electron chi connectivity index (χ4n) is 4.40. The molecule has 2 heterocycles. The average molecular weight is 500 g/mol. The van der Waals surface area contributed by atoms with Gasteiger partial charge in [-0.25, -0.2) is 4.98 Å². The smallest absolute Gasteiger partial charge is 0.260 e. The first-order valence-electron chi connectivity index (χ1n) is 11.7. The van der Waals surface area contributed by atoms with Crippen LogP contribution in [0.25, 0.3) is 10.2 Å². The summed E-state index contributed by atoms with van der Waals surface area (Å²) in [6.45, 7) is 8.93. The molecule has 1 aliphatic rings. The SMILES string of the molecule is COc1cc(C(=O)N(CCCN2CCOCC2)c2nc3cc(C)cc(C)c3s2)cc(OC)c1OC. The van der Waals surface area contributed by atoms with Crippen molar-refractivity contribution in [3.63, 3.8) is 0 Å². The Labute approximate surface area is 210 Å². The molecule has 1 aromatic heterocycles. The minimum Gasteiger partial charge on any atom is -0.493 e. The van der Waals surface area contributed by atoms with Crippen LogP contribution in [0.5, 0.6) is 17.2 Å². The minimum absolute atomic E-state index is 0.153. The van der Waals surface area contributed by atoms with E-state index in [9.17, 15) is 4.79 Å². The highest BCUT2D eigenvalue weighted by atomic mass is 32.1. The lowest BCUT2D eigenvalue weighted by Gasteiger charge is -2.28. The fraction of sp³-hybridized carbons (Fsp3) is 0.462. The second-order valence-electron chi connectivity index (χ2n) is 8.60. The van der Waals surface area contributed by atoms with Gasteiger partial charge in [-0.1, -0.05) is 17.4 Å². The molecule has 1 fully saturated rings. The lowest BCUT2D eigenvalue weighted by atomic mass is 10.1. The first kappa shape index (κ1) is 25.2. The van der Waals surface area contributed by atoms with E-state index in [0.717, 1.165) is 60.6 Å².